The molecule has 0 spiro atoms. The number of amides is 1. The number of nitrogens with zero attached hydrogens (tertiary/aromatic N) is 1. The standard InChI is InChI=1S/C28H23NO6/c1-15-7-8-16(2)20(13-15)29-24(17-9-11-19(30)12-10-17)23(26(32)28(29)33)25(31)22-14-18-5-4-6-21(34-3)27(18)35-22/h4-14,24,30,32H,1-3H3. The van der Waals surface area contributed by atoms with E-state index in [2.05, 4.69) is 0 Å². The number of methoxy groups -OCH3 is 1. The Morgan fingerprint density at radius 1 is 1.00 bits per heavy atom. The van der Waals surface area contributed by atoms with Gasteiger partial charge in [0, 0.05) is 11.1 Å². The summed E-state index contributed by atoms with van der Waals surface area (Å²) < 4.78 is 11.2. The fourth-order valence-corrected chi connectivity index (χ4v) is 4.48. The number of anilines is 1. The molecule has 1 amide bonds. The number of Topliss-reactive ketones (excluding diaryl/α,β-unsaturated/α-hetero) is 1. The molecular weight excluding hydrogens is 446 g/mol. The summed E-state index contributed by atoms with van der Waals surface area (Å²) in [6, 6.07) is 17.8. The Morgan fingerprint density at radius 2 is 1.74 bits per heavy atom. The molecule has 0 bridgehead atoms. The van der Waals surface area contributed by atoms with Crippen molar-refractivity contribution < 1.29 is 29.0 Å². The number of aliphatic hydroxyl groups excluding tert-OH is 1. The molecule has 1 aromatic heterocycles. The van der Waals surface area contributed by atoms with Crippen molar-refractivity contribution in [3.8, 4) is 11.5 Å². The number of ether oxygens (including phenoxy) is 1. The fourth-order valence-electron chi connectivity index (χ4n) is 4.48. The number of fused-ring (bicyclic) bond motifs is 1. The van der Waals surface area contributed by atoms with Crippen molar-refractivity contribution >= 4 is 28.3 Å². The van der Waals surface area contributed by atoms with Gasteiger partial charge < -0.3 is 19.4 Å². The van der Waals surface area contributed by atoms with E-state index in [9.17, 15) is 19.8 Å². The number of aryl methyl sites for hydroxylation is 2. The summed E-state index contributed by atoms with van der Waals surface area (Å²) in [6.07, 6.45) is 0. The Bertz CT molecular complexity index is 1510. The average molecular weight is 469 g/mol. The van der Waals surface area contributed by atoms with Crippen LogP contribution in [0.5, 0.6) is 11.5 Å². The van der Waals surface area contributed by atoms with Crippen LogP contribution in [-0.4, -0.2) is 29.0 Å². The number of phenols is 1. The third-order valence-electron chi connectivity index (χ3n) is 6.24. The summed E-state index contributed by atoms with van der Waals surface area (Å²) in [7, 11) is 1.51. The van der Waals surface area contributed by atoms with Gasteiger partial charge >= 0.3 is 0 Å². The number of hydrogen-bond acceptors (Lipinski definition) is 6. The van der Waals surface area contributed by atoms with E-state index >= 15 is 0 Å². The van der Waals surface area contributed by atoms with E-state index in [4.69, 9.17) is 9.15 Å². The Hall–Kier alpha value is -4.52. The zero-order valence-corrected chi connectivity index (χ0v) is 19.4. The molecule has 0 aliphatic carbocycles. The molecule has 0 saturated heterocycles. The van der Waals surface area contributed by atoms with Crippen LogP contribution in [-0.2, 0) is 4.79 Å². The summed E-state index contributed by atoms with van der Waals surface area (Å²) in [5, 5.41) is 21.5. The van der Waals surface area contributed by atoms with Crippen LogP contribution in [0, 0.1) is 13.8 Å². The molecule has 1 aliphatic rings. The number of furan rings is 1. The van der Waals surface area contributed by atoms with Gasteiger partial charge in [-0.05, 0) is 60.9 Å². The largest absolute Gasteiger partial charge is 0.508 e. The lowest BCUT2D eigenvalue weighted by atomic mass is 9.94. The Morgan fingerprint density at radius 3 is 2.46 bits per heavy atom. The van der Waals surface area contributed by atoms with Gasteiger partial charge in [0.05, 0.1) is 18.7 Å². The van der Waals surface area contributed by atoms with Gasteiger partial charge in [0.25, 0.3) is 5.91 Å². The van der Waals surface area contributed by atoms with Crippen LogP contribution in [0.15, 0.2) is 82.5 Å². The topological polar surface area (TPSA) is 100 Å². The number of aliphatic hydroxyl groups is 1. The minimum Gasteiger partial charge on any atom is -0.508 e. The lowest BCUT2D eigenvalue weighted by Crippen LogP contribution is -2.31. The number of carbonyl (C=O) groups is 2. The molecule has 4 aromatic rings. The first-order valence-electron chi connectivity index (χ1n) is 11.0. The maximum Gasteiger partial charge on any atom is 0.294 e. The minimum atomic E-state index is -0.925. The average Bonchev–Trinajstić information content (AvgIpc) is 3.40. The molecule has 7 nitrogen and oxygen atoms in total. The van der Waals surface area contributed by atoms with E-state index in [1.165, 1.54) is 24.1 Å². The third-order valence-corrected chi connectivity index (χ3v) is 6.24. The number of para-hydroxylation sites is 1. The van der Waals surface area contributed by atoms with Gasteiger partial charge in [-0.15, -0.1) is 0 Å². The van der Waals surface area contributed by atoms with Gasteiger partial charge in [-0.25, -0.2) is 0 Å². The maximum absolute atomic E-state index is 13.8. The smallest absolute Gasteiger partial charge is 0.294 e. The number of aromatic hydroxyl groups is 1. The predicted octanol–water partition coefficient (Wildman–Crippen LogP) is 5.55. The van der Waals surface area contributed by atoms with Gasteiger partial charge in [0.2, 0.25) is 5.78 Å². The summed E-state index contributed by atoms with van der Waals surface area (Å²) in [4.78, 5) is 28.6. The number of carbonyl (C=O) groups excluding carboxylic acids is 2. The van der Waals surface area contributed by atoms with Crippen LogP contribution in [0.1, 0.15) is 33.3 Å². The molecule has 1 atom stereocenters. The molecular formula is C28H23NO6. The van der Waals surface area contributed by atoms with Crippen molar-refractivity contribution in [3.63, 3.8) is 0 Å². The highest BCUT2D eigenvalue weighted by Crippen LogP contribution is 2.44. The van der Waals surface area contributed by atoms with Crippen molar-refractivity contribution in [1.82, 2.24) is 0 Å². The minimum absolute atomic E-state index is 0.0227. The normalized spacial score (nSPS) is 15.8. The van der Waals surface area contributed by atoms with Crippen LogP contribution in [0.2, 0.25) is 0 Å². The molecule has 2 N–H and O–H groups in total. The highest BCUT2D eigenvalue weighted by atomic mass is 16.5. The lowest BCUT2D eigenvalue weighted by molar-refractivity contribution is -0.117. The second-order valence-corrected chi connectivity index (χ2v) is 8.54. The number of phenolic OH excluding ortho intramolecular Hbond substituents is 1. The van der Waals surface area contributed by atoms with Crippen molar-refractivity contribution in [3.05, 3.63) is 101 Å². The van der Waals surface area contributed by atoms with Crippen LogP contribution < -0.4 is 9.64 Å². The highest BCUT2D eigenvalue weighted by molar-refractivity contribution is 6.21. The first-order valence-corrected chi connectivity index (χ1v) is 11.0. The summed E-state index contributed by atoms with van der Waals surface area (Å²) in [5.74, 6) is -1.45. The Kier molecular flexibility index (Phi) is 5.32. The summed E-state index contributed by atoms with van der Waals surface area (Å²) in [5.41, 5.74) is 3.16. The van der Waals surface area contributed by atoms with E-state index < -0.39 is 23.5 Å². The zero-order chi connectivity index (χ0) is 24.9. The van der Waals surface area contributed by atoms with Crippen molar-refractivity contribution in [2.75, 3.05) is 12.0 Å². The number of rotatable bonds is 5. The Labute approximate surface area is 201 Å². The van der Waals surface area contributed by atoms with Crippen LogP contribution in [0.3, 0.4) is 0 Å². The van der Waals surface area contributed by atoms with Crippen molar-refractivity contribution in [1.29, 1.82) is 0 Å². The monoisotopic (exact) mass is 469 g/mol. The first-order chi connectivity index (χ1) is 16.8. The number of ketones is 1. The van der Waals surface area contributed by atoms with Gasteiger partial charge in [0.15, 0.2) is 22.9 Å². The fraction of sp³-hybridized carbons (Fsp3) is 0.143. The van der Waals surface area contributed by atoms with Crippen LogP contribution in [0.4, 0.5) is 5.69 Å². The second kappa shape index (κ2) is 8.36. The van der Waals surface area contributed by atoms with Gasteiger partial charge in [-0.1, -0.05) is 36.4 Å². The Balaban J connectivity index is 1.69. The third kappa shape index (κ3) is 3.61. The predicted molar refractivity (Wildman–Crippen MR) is 131 cm³/mol. The van der Waals surface area contributed by atoms with Gasteiger partial charge in [-0.3, -0.25) is 14.5 Å². The number of hydrogen-bond donors (Lipinski definition) is 2. The summed E-state index contributed by atoms with van der Waals surface area (Å²) in [6.45, 7) is 3.76. The molecule has 35 heavy (non-hydrogen) atoms. The maximum atomic E-state index is 13.8. The number of benzene rings is 3. The van der Waals surface area contributed by atoms with E-state index in [1.54, 1.807) is 36.4 Å². The van der Waals surface area contributed by atoms with E-state index in [-0.39, 0.29) is 17.1 Å². The molecule has 1 aliphatic heterocycles. The quantitative estimate of drug-likeness (QED) is 0.372. The molecule has 176 valence electrons. The SMILES string of the molecule is COc1cccc2cc(C(=O)C3=C(O)C(=O)N(c4cc(C)ccc4C)C3c3ccc(O)cc3)oc12. The molecule has 0 saturated carbocycles. The molecule has 5 rings (SSSR count). The highest BCUT2D eigenvalue weighted by Gasteiger charge is 2.45. The summed E-state index contributed by atoms with van der Waals surface area (Å²) >= 11 is 0. The zero-order valence-electron chi connectivity index (χ0n) is 19.4. The molecule has 0 radical (unpaired) electrons. The van der Waals surface area contributed by atoms with Crippen molar-refractivity contribution in [2.24, 2.45) is 0 Å². The van der Waals surface area contributed by atoms with Gasteiger partial charge in [0.1, 0.15) is 5.75 Å². The van der Waals surface area contributed by atoms with Crippen molar-refractivity contribution in [2.45, 2.75) is 19.9 Å². The van der Waals surface area contributed by atoms with E-state index in [0.29, 0.717) is 28.0 Å². The molecule has 1 unspecified atom stereocenters. The molecule has 0 fully saturated rings. The first kappa shape index (κ1) is 22.3. The molecule has 3 aromatic carbocycles. The van der Waals surface area contributed by atoms with Crippen LogP contribution in [0.25, 0.3) is 11.0 Å². The molecule has 7 heteroatoms. The lowest BCUT2D eigenvalue weighted by Gasteiger charge is -2.28. The van der Waals surface area contributed by atoms with Crippen LogP contribution >= 0.6 is 0 Å². The molecule has 2 heterocycles. The van der Waals surface area contributed by atoms with E-state index in [1.807, 2.05) is 32.0 Å². The van der Waals surface area contributed by atoms with E-state index in [0.717, 1.165) is 11.1 Å². The van der Waals surface area contributed by atoms with Gasteiger partial charge in [-0.2, -0.15) is 0 Å². The second-order valence-electron chi connectivity index (χ2n) is 8.54.